The molecule has 0 N–H and O–H groups in total. The third-order valence-electron chi connectivity index (χ3n) is 3.13. The maximum absolute atomic E-state index is 12.5. The lowest BCUT2D eigenvalue weighted by molar-refractivity contribution is 0.0982. The van der Waals surface area contributed by atoms with Gasteiger partial charge in [0.15, 0.2) is 17.3 Å². The molecule has 1 aliphatic heterocycles. The second kappa shape index (κ2) is 5.88. The molecular formula is C15H10BrNO3S. The van der Waals surface area contributed by atoms with Crippen molar-refractivity contribution in [3.8, 4) is 17.6 Å². The van der Waals surface area contributed by atoms with Crippen LogP contribution in [0.2, 0.25) is 0 Å². The Balaban J connectivity index is 1.95. The normalized spacial score (nSPS) is 14.3. The number of Topliss-reactive ketones (excluding diaryl/α,β-unsaturated/α-hetero) is 1. The highest BCUT2D eigenvalue weighted by atomic mass is 79.9. The highest BCUT2D eigenvalue weighted by Crippen LogP contribution is 2.35. The summed E-state index contributed by atoms with van der Waals surface area (Å²) >= 11 is 4.65. The van der Waals surface area contributed by atoms with Crippen molar-refractivity contribution in [3.05, 3.63) is 44.6 Å². The number of thiophene rings is 1. The van der Waals surface area contributed by atoms with Crippen LogP contribution < -0.4 is 9.47 Å². The van der Waals surface area contributed by atoms with E-state index in [2.05, 4.69) is 22.0 Å². The van der Waals surface area contributed by atoms with Gasteiger partial charge in [-0.2, -0.15) is 5.26 Å². The number of rotatable bonds is 3. The van der Waals surface area contributed by atoms with E-state index in [1.54, 1.807) is 24.3 Å². The van der Waals surface area contributed by atoms with Crippen LogP contribution in [0.5, 0.6) is 11.5 Å². The summed E-state index contributed by atoms with van der Waals surface area (Å²) in [6.45, 7) is 0.979. The lowest BCUT2D eigenvalue weighted by Gasteiger charge is -2.19. The molecule has 2 aromatic rings. The Morgan fingerprint density at radius 1 is 1.29 bits per heavy atom. The second-order valence-electron chi connectivity index (χ2n) is 4.43. The number of nitrogens with zero attached hydrogens (tertiary/aromatic N) is 1. The molecule has 0 fully saturated rings. The number of ketones is 1. The first-order chi connectivity index (χ1) is 10.2. The van der Waals surface area contributed by atoms with Crippen LogP contribution in [-0.4, -0.2) is 19.0 Å². The average molecular weight is 364 g/mol. The van der Waals surface area contributed by atoms with E-state index >= 15 is 0 Å². The van der Waals surface area contributed by atoms with Crippen LogP contribution in [0.3, 0.4) is 0 Å². The molecule has 1 unspecified atom stereocenters. The van der Waals surface area contributed by atoms with Gasteiger partial charge in [0.2, 0.25) is 0 Å². The van der Waals surface area contributed by atoms with Crippen LogP contribution in [0.4, 0.5) is 0 Å². The summed E-state index contributed by atoms with van der Waals surface area (Å²) in [6.07, 6.45) is 0. The van der Waals surface area contributed by atoms with Crippen molar-refractivity contribution in [2.45, 2.75) is 5.92 Å². The first-order valence-corrected chi connectivity index (χ1v) is 7.94. The minimum Gasteiger partial charge on any atom is -0.486 e. The van der Waals surface area contributed by atoms with Gasteiger partial charge in [-0.15, -0.1) is 11.3 Å². The molecule has 0 aliphatic carbocycles. The van der Waals surface area contributed by atoms with Gasteiger partial charge in [-0.05, 0) is 45.1 Å². The molecule has 1 aromatic carbocycles. The van der Waals surface area contributed by atoms with Crippen LogP contribution in [0.15, 0.2) is 34.1 Å². The smallest absolute Gasteiger partial charge is 0.195 e. The Morgan fingerprint density at radius 2 is 2.05 bits per heavy atom. The molecule has 3 rings (SSSR count). The van der Waals surface area contributed by atoms with Crippen molar-refractivity contribution < 1.29 is 14.3 Å². The molecule has 106 valence electrons. The molecule has 0 saturated carbocycles. The minimum atomic E-state index is -0.851. The van der Waals surface area contributed by atoms with E-state index in [1.807, 2.05) is 5.38 Å². The average Bonchev–Trinajstić information content (AvgIpc) is 2.94. The molecule has 4 nitrogen and oxygen atoms in total. The maximum Gasteiger partial charge on any atom is 0.195 e. The third kappa shape index (κ3) is 2.67. The van der Waals surface area contributed by atoms with Crippen LogP contribution >= 0.6 is 27.3 Å². The van der Waals surface area contributed by atoms with E-state index in [4.69, 9.17) is 9.47 Å². The van der Waals surface area contributed by atoms with E-state index in [9.17, 15) is 10.1 Å². The topological polar surface area (TPSA) is 59.3 Å². The van der Waals surface area contributed by atoms with Crippen molar-refractivity contribution in [3.63, 3.8) is 0 Å². The molecule has 1 aliphatic rings. The predicted octanol–water partition coefficient (Wildman–Crippen LogP) is 3.77. The molecule has 1 atom stereocenters. The number of ether oxygens (including phenoxy) is 2. The molecule has 2 heterocycles. The van der Waals surface area contributed by atoms with Gasteiger partial charge >= 0.3 is 0 Å². The maximum atomic E-state index is 12.5. The van der Waals surface area contributed by atoms with Gasteiger partial charge in [0.25, 0.3) is 0 Å². The Morgan fingerprint density at radius 3 is 2.71 bits per heavy atom. The summed E-state index contributed by atoms with van der Waals surface area (Å²) in [6, 6.07) is 9.07. The Kier molecular flexibility index (Phi) is 3.95. The number of nitriles is 1. The highest BCUT2D eigenvalue weighted by Gasteiger charge is 2.26. The molecule has 0 spiro atoms. The van der Waals surface area contributed by atoms with Gasteiger partial charge in [-0.25, -0.2) is 0 Å². The highest BCUT2D eigenvalue weighted by molar-refractivity contribution is 9.10. The first-order valence-electron chi connectivity index (χ1n) is 6.27. The molecule has 0 radical (unpaired) electrons. The Labute approximate surface area is 134 Å². The van der Waals surface area contributed by atoms with Crippen molar-refractivity contribution in [1.29, 1.82) is 5.26 Å². The molecule has 0 amide bonds. The van der Waals surface area contributed by atoms with Gasteiger partial charge in [0.05, 0.1) is 10.9 Å². The van der Waals surface area contributed by atoms with Crippen LogP contribution in [0.1, 0.15) is 21.2 Å². The summed E-state index contributed by atoms with van der Waals surface area (Å²) in [4.78, 5) is 13.1. The lowest BCUT2D eigenvalue weighted by atomic mass is 9.95. The number of fused-ring (bicyclic) bond motifs is 1. The monoisotopic (exact) mass is 363 g/mol. The van der Waals surface area contributed by atoms with E-state index in [1.165, 1.54) is 11.3 Å². The van der Waals surface area contributed by atoms with E-state index in [0.29, 0.717) is 35.2 Å². The predicted molar refractivity (Wildman–Crippen MR) is 82.1 cm³/mol. The van der Waals surface area contributed by atoms with Crippen LogP contribution in [0.25, 0.3) is 0 Å². The third-order valence-corrected chi connectivity index (χ3v) is 4.98. The SMILES string of the molecule is N#CC(C(=O)c1sccc1Br)c1ccc2c(c1)OCCO2. The molecule has 0 bridgehead atoms. The fourth-order valence-electron chi connectivity index (χ4n) is 2.12. The van der Waals surface area contributed by atoms with Crippen LogP contribution in [0, 0.1) is 11.3 Å². The van der Waals surface area contributed by atoms with E-state index in [0.717, 1.165) is 4.47 Å². The molecule has 0 saturated heterocycles. The number of halogens is 1. The standard InChI is InChI=1S/C15H10BrNO3S/c16-11-3-6-21-15(11)14(18)10(8-17)9-1-2-12-13(7-9)20-5-4-19-12/h1-3,6-7,10H,4-5H2. The summed E-state index contributed by atoms with van der Waals surface area (Å²) in [5, 5.41) is 11.2. The quantitative estimate of drug-likeness (QED) is 0.778. The fraction of sp³-hybridized carbons (Fsp3) is 0.200. The number of benzene rings is 1. The molecule has 1 aromatic heterocycles. The summed E-state index contributed by atoms with van der Waals surface area (Å²) in [5.74, 6) is 0.162. The number of hydrogen-bond donors (Lipinski definition) is 0. The van der Waals surface area contributed by atoms with Gasteiger partial charge in [0.1, 0.15) is 19.1 Å². The largest absolute Gasteiger partial charge is 0.486 e. The lowest BCUT2D eigenvalue weighted by Crippen LogP contribution is -2.16. The zero-order valence-electron chi connectivity index (χ0n) is 10.8. The van der Waals surface area contributed by atoms with Crippen molar-refractivity contribution in [2.24, 2.45) is 0 Å². The van der Waals surface area contributed by atoms with Gasteiger partial charge in [-0.1, -0.05) is 6.07 Å². The Hall–Kier alpha value is -1.84. The van der Waals surface area contributed by atoms with Crippen molar-refractivity contribution in [2.75, 3.05) is 13.2 Å². The van der Waals surface area contributed by atoms with Crippen LogP contribution in [-0.2, 0) is 0 Å². The molecule has 6 heteroatoms. The van der Waals surface area contributed by atoms with Crippen molar-refractivity contribution in [1.82, 2.24) is 0 Å². The van der Waals surface area contributed by atoms with Gasteiger partial charge in [-0.3, -0.25) is 4.79 Å². The molecule has 21 heavy (non-hydrogen) atoms. The minimum absolute atomic E-state index is 0.212. The number of hydrogen-bond acceptors (Lipinski definition) is 5. The van der Waals surface area contributed by atoms with Crippen molar-refractivity contribution >= 4 is 33.0 Å². The summed E-state index contributed by atoms with van der Waals surface area (Å²) < 4.78 is 11.7. The fourth-order valence-corrected chi connectivity index (χ4v) is 3.66. The first kappa shape index (κ1) is 14.1. The molecular weight excluding hydrogens is 354 g/mol. The van der Waals surface area contributed by atoms with E-state index < -0.39 is 5.92 Å². The zero-order chi connectivity index (χ0) is 14.8. The van der Waals surface area contributed by atoms with E-state index in [-0.39, 0.29) is 5.78 Å². The number of carbonyl (C=O) groups is 1. The second-order valence-corrected chi connectivity index (χ2v) is 6.20. The summed E-state index contributed by atoms with van der Waals surface area (Å²) in [7, 11) is 0. The zero-order valence-corrected chi connectivity index (χ0v) is 13.2. The number of carbonyl (C=O) groups excluding carboxylic acids is 1. The summed E-state index contributed by atoms with van der Waals surface area (Å²) in [5.41, 5.74) is 0.618. The van der Waals surface area contributed by atoms with Gasteiger partial charge in [0, 0.05) is 4.47 Å². The Bertz CT molecular complexity index is 735. The van der Waals surface area contributed by atoms with Gasteiger partial charge < -0.3 is 9.47 Å².